The van der Waals surface area contributed by atoms with Gasteiger partial charge in [-0.05, 0) is 41.0 Å². The van der Waals surface area contributed by atoms with E-state index in [0.29, 0.717) is 6.42 Å². The van der Waals surface area contributed by atoms with Crippen LogP contribution < -0.4 is 10.1 Å². The van der Waals surface area contributed by atoms with Crippen molar-refractivity contribution in [1.82, 2.24) is 5.32 Å². The summed E-state index contributed by atoms with van der Waals surface area (Å²) in [7, 11) is 0. The molecule has 1 heterocycles. The number of hydrogen-bond donors (Lipinski definition) is 1. The highest BCUT2D eigenvalue weighted by atomic mass is 16.5. The molecule has 1 amide bonds. The molecule has 0 aliphatic carbocycles. The van der Waals surface area contributed by atoms with Crippen molar-refractivity contribution in [3.8, 4) is 5.75 Å². The van der Waals surface area contributed by atoms with Crippen molar-refractivity contribution in [1.29, 1.82) is 0 Å². The standard InChI is InChI=1S/C21H19NO2/c1-14(16-11-10-15-6-2-3-7-17(15)12-16)22-21(23)20-13-18-8-4-5-9-19(18)24-20/h2-12,14,20H,13H2,1H3,(H,22,23). The second-order valence-corrected chi connectivity index (χ2v) is 6.26. The Morgan fingerprint density at radius 1 is 1.04 bits per heavy atom. The van der Waals surface area contributed by atoms with E-state index in [1.54, 1.807) is 0 Å². The van der Waals surface area contributed by atoms with Gasteiger partial charge in [0.05, 0.1) is 6.04 Å². The van der Waals surface area contributed by atoms with Gasteiger partial charge in [0.2, 0.25) is 0 Å². The highest BCUT2D eigenvalue weighted by Gasteiger charge is 2.29. The van der Waals surface area contributed by atoms with Crippen molar-refractivity contribution in [3.63, 3.8) is 0 Å². The van der Waals surface area contributed by atoms with Gasteiger partial charge in [-0.2, -0.15) is 0 Å². The molecule has 4 rings (SSSR count). The summed E-state index contributed by atoms with van der Waals surface area (Å²) >= 11 is 0. The maximum atomic E-state index is 12.5. The largest absolute Gasteiger partial charge is 0.480 e. The lowest BCUT2D eigenvalue weighted by Crippen LogP contribution is -2.38. The van der Waals surface area contributed by atoms with Gasteiger partial charge in [0.15, 0.2) is 6.10 Å². The Labute approximate surface area is 141 Å². The molecule has 3 heteroatoms. The van der Waals surface area contributed by atoms with Gasteiger partial charge < -0.3 is 10.1 Å². The number of benzene rings is 3. The Bertz CT molecular complexity index is 878. The molecular formula is C21H19NO2. The lowest BCUT2D eigenvalue weighted by Gasteiger charge is -2.18. The van der Waals surface area contributed by atoms with Crippen molar-refractivity contribution in [2.24, 2.45) is 0 Å². The quantitative estimate of drug-likeness (QED) is 0.792. The minimum absolute atomic E-state index is 0.0607. The van der Waals surface area contributed by atoms with Crippen LogP contribution in [0.5, 0.6) is 5.75 Å². The van der Waals surface area contributed by atoms with Crippen LogP contribution in [0.2, 0.25) is 0 Å². The normalized spacial score (nSPS) is 17.1. The van der Waals surface area contributed by atoms with Gasteiger partial charge in [0.25, 0.3) is 5.91 Å². The molecule has 3 nitrogen and oxygen atoms in total. The highest BCUT2D eigenvalue weighted by Crippen LogP contribution is 2.28. The molecule has 0 fully saturated rings. The molecule has 0 radical (unpaired) electrons. The first kappa shape index (κ1) is 14.8. The molecule has 0 saturated heterocycles. The highest BCUT2D eigenvalue weighted by molar-refractivity contribution is 5.84. The summed E-state index contributed by atoms with van der Waals surface area (Å²) < 4.78 is 5.76. The van der Waals surface area contributed by atoms with Gasteiger partial charge in [0, 0.05) is 6.42 Å². The Morgan fingerprint density at radius 2 is 1.79 bits per heavy atom. The Morgan fingerprint density at radius 3 is 2.62 bits per heavy atom. The Hall–Kier alpha value is -2.81. The van der Waals surface area contributed by atoms with Gasteiger partial charge in [-0.15, -0.1) is 0 Å². The summed E-state index contributed by atoms with van der Waals surface area (Å²) in [5.41, 5.74) is 2.19. The first-order chi connectivity index (χ1) is 11.7. The smallest absolute Gasteiger partial charge is 0.261 e. The SMILES string of the molecule is CC(NC(=O)C1Cc2ccccc2O1)c1ccc2ccccc2c1. The summed E-state index contributed by atoms with van der Waals surface area (Å²) in [6, 6.07) is 22.3. The average Bonchev–Trinajstić information content (AvgIpc) is 3.05. The van der Waals surface area contributed by atoms with Gasteiger partial charge in [-0.25, -0.2) is 0 Å². The number of fused-ring (bicyclic) bond motifs is 2. The Balaban J connectivity index is 1.47. The van der Waals surface area contributed by atoms with E-state index in [0.717, 1.165) is 16.9 Å². The molecule has 2 atom stereocenters. The molecule has 3 aromatic carbocycles. The van der Waals surface area contributed by atoms with Crippen LogP contribution in [0.3, 0.4) is 0 Å². The summed E-state index contributed by atoms with van der Waals surface area (Å²) in [4.78, 5) is 12.5. The number of para-hydroxylation sites is 1. The van der Waals surface area contributed by atoms with Crippen LogP contribution in [0.4, 0.5) is 0 Å². The van der Waals surface area contributed by atoms with Crippen molar-refractivity contribution < 1.29 is 9.53 Å². The summed E-state index contributed by atoms with van der Waals surface area (Å²) in [5, 5.41) is 5.46. The van der Waals surface area contributed by atoms with Crippen molar-refractivity contribution in [2.75, 3.05) is 0 Å². The summed E-state index contributed by atoms with van der Waals surface area (Å²) in [6.45, 7) is 2.00. The van der Waals surface area contributed by atoms with E-state index in [-0.39, 0.29) is 11.9 Å². The first-order valence-corrected chi connectivity index (χ1v) is 8.24. The van der Waals surface area contributed by atoms with Crippen LogP contribution in [-0.2, 0) is 11.2 Å². The van der Waals surface area contributed by atoms with E-state index in [9.17, 15) is 4.79 Å². The monoisotopic (exact) mass is 317 g/mol. The zero-order valence-corrected chi connectivity index (χ0v) is 13.5. The van der Waals surface area contributed by atoms with E-state index in [1.165, 1.54) is 10.8 Å². The lowest BCUT2D eigenvalue weighted by atomic mass is 10.0. The minimum Gasteiger partial charge on any atom is -0.480 e. The van der Waals surface area contributed by atoms with E-state index in [2.05, 4.69) is 35.6 Å². The number of ether oxygens (including phenoxy) is 1. The third-order valence-electron chi connectivity index (χ3n) is 4.57. The maximum Gasteiger partial charge on any atom is 0.261 e. The van der Waals surface area contributed by atoms with E-state index >= 15 is 0 Å². The zero-order chi connectivity index (χ0) is 16.5. The lowest BCUT2D eigenvalue weighted by molar-refractivity contribution is -0.127. The second kappa shape index (κ2) is 6.00. The molecular weight excluding hydrogens is 298 g/mol. The van der Waals surface area contributed by atoms with Crippen LogP contribution in [0.15, 0.2) is 66.7 Å². The number of carbonyl (C=O) groups is 1. The topological polar surface area (TPSA) is 38.3 Å². The van der Waals surface area contributed by atoms with Crippen molar-refractivity contribution in [2.45, 2.75) is 25.5 Å². The summed E-state index contributed by atoms with van der Waals surface area (Å²) in [6.07, 6.45) is 0.192. The number of amides is 1. The average molecular weight is 317 g/mol. The first-order valence-electron chi connectivity index (χ1n) is 8.24. The van der Waals surface area contributed by atoms with Gasteiger partial charge in [-0.1, -0.05) is 54.6 Å². The molecule has 0 spiro atoms. The molecule has 1 N–H and O–H groups in total. The minimum atomic E-state index is -0.440. The number of carbonyl (C=O) groups excluding carboxylic acids is 1. The molecule has 0 saturated carbocycles. The number of rotatable bonds is 3. The fourth-order valence-corrected chi connectivity index (χ4v) is 3.20. The predicted molar refractivity (Wildman–Crippen MR) is 95.1 cm³/mol. The van der Waals surface area contributed by atoms with Crippen LogP contribution in [0, 0.1) is 0 Å². The molecule has 120 valence electrons. The number of hydrogen-bond acceptors (Lipinski definition) is 2. The third kappa shape index (κ3) is 2.73. The van der Waals surface area contributed by atoms with Crippen LogP contribution >= 0.6 is 0 Å². The van der Waals surface area contributed by atoms with Crippen molar-refractivity contribution >= 4 is 16.7 Å². The second-order valence-electron chi connectivity index (χ2n) is 6.26. The molecule has 1 aliphatic rings. The summed E-state index contributed by atoms with van der Waals surface area (Å²) in [5.74, 6) is 0.753. The molecule has 0 aromatic heterocycles. The molecule has 2 unspecified atom stereocenters. The number of nitrogens with one attached hydrogen (secondary N) is 1. The fraction of sp³-hybridized carbons (Fsp3) is 0.190. The molecule has 24 heavy (non-hydrogen) atoms. The van der Waals surface area contributed by atoms with Gasteiger partial charge in [0.1, 0.15) is 5.75 Å². The zero-order valence-electron chi connectivity index (χ0n) is 13.5. The fourth-order valence-electron chi connectivity index (χ4n) is 3.20. The van der Waals surface area contributed by atoms with E-state index < -0.39 is 6.10 Å². The van der Waals surface area contributed by atoms with Gasteiger partial charge in [-0.3, -0.25) is 4.79 Å². The third-order valence-corrected chi connectivity index (χ3v) is 4.57. The Kier molecular flexibility index (Phi) is 3.69. The molecule has 1 aliphatic heterocycles. The van der Waals surface area contributed by atoms with Gasteiger partial charge >= 0.3 is 0 Å². The molecule has 3 aromatic rings. The van der Waals surface area contributed by atoms with Crippen LogP contribution in [-0.4, -0.2) is 12.0 Å². The van der Waals surface area contributed by atoms with Crippen LogP contribution in [0.25, 0.3) is 10.8 Å². The van der Waals surface area contributed by atoms with E-state index in [1.807, 2.05) is 43.3 Å². The predicted octanol–water partition coefficient (Wildman–Crippen LogP) is 4.02. The van der Waals surface area contributed by atoms with E-state index in [4.69, 9.17) is 4.74 Å². The van der Waals surface area contributed by atoms with Crippen molar-refractivity contribution in [3.05, 3.63) is 77.9 Å². The molecule has 0 bridgehead atoms. The maximum absolute atomic E-state index is 12.5. The van der Waals surface area contributed by atoms with Crippen LogP contribution in [0.1, 0.15) is 24.1 Å².